The molecule has 0 aromatic carbocycles. The van der Waals surface area contributed by atoms with Gasteiger partial charge in [0.05, 0.1) is 11.8 Å². The second kappa shape index (κ2) is 5.76. The van der Waals surface area contributed by atoms with Gasteiger partial charge in [-0.1, -0.05) is 15.9 Å². The number of carbonyl (C=O) groups is 1. The number of carbonyl (C=O) groups excluding carboxylic acids is 1. The molecule has 11 heteroatoms. The van der Waals surface area contributed by atoms with Crippen molar-refractivity contribution in [1.82, 2.24) is 4.98 Å². The smallest absolute Gasteiger partial charge is 0.404 e. The lowest BCUT2D eigenvalue weighted by Crippen LogP contribution is -2.21. The van der Waals surface area contributed by atoms with Crippen LogP contribution in [0.4, 0.5) is 26.3 Å². The van der Waals surface area contributed by atoms with Gasteiger partial charge in [-0.3, -0.25) is 4.79 Å². The highest BCUT2D eigenvalue weighted by Gasteiger charge is 2.40. The topological polar surface area (TPSA) is 39.2 Å². The van der Waals surface area contributed by atoms with Crippen LogP contribution in [-0.2, 0) is 11.5 Å². The van der Waals surface area contributed by atoms with Crippen LogP contribution in [0.3, 0.4) is 0 Å². The lowest BCUT2D eigenvalue weighted by molar-refractivity contribution is -0.275. The minimum Gasteiger partial charge on any atom is -0.404 e. The molecule has 1 rings (SSSR count). The molecular weight excluding hydrogens is 383 g/mol. The van der Waals surface area contributed by atoms with E-state index in [0.29, 0.717) is 0 Å². The van der Waals surface area contributed by atoms with E-state index in [1.54, 1.807) is 0 Å². The molecular formula is C9H3BrClF6NO2. The van der Waals surface area contributed by atoms with E-state index in [9.17, 15) is 31.1 Å². The lowest BCUT2D eigenvalue weighted by atomic mass is 10.1. The van der Waals surface area contributed by atoms with Gasteiger partial charge in [0.15, 0.2) is 11.4 Å². The van der Waals surface area contributed by atoms with Crippen molar-refractivity contribution in [2.75, 3.05) is 0 Å². The molecule has 0 aliphatic carbocycles. The van der Waals surface area contributed by atoms with Crippen molar-refractivity contribution in [3.63, 3.8) is 0 Å². The van der Waals surface area contributed by atoms with Crippen LogP contribution >= 0.6 is 27.5 Å². The maximum atomic E-state index is 12.6. The number of aromatic nitrogens is 1. The predicted octanol–water partition coefficient (Wildman–Crippen LogP) is 4.27. The molecule has 0 atom stereocenters. The summed E-state index contributed by atoms with van der Waals surface area (Å²) in [5.74, 6) is -1.04. The molecule has 0 radical (unpaired) electrons. The van der Waals surface area contributed by atoms with Crippen molar-refractivity contribution in [3.05, 3.63) is 23.0 Å². The summed E-state index contributed by atoms with van der Waals surface area (Å²) < 4.78 is 77.8. The Morgan fingerprint density at radius 2 is 1.85 bits per heavy atom. The average Bonchev–Trinajstić information content (AvgIpc) is 2.24. The first-order chi connectivity index (χ1) is 8.97. The van der Waals surface area contributed by atoms with E-state index in [4.69, 9.17) is 11.6 Å². The van der Waals surface area contributed by atoms with Crippen LogP contribution < -0.4 is 4.74 Å². The van der Waals surface area contributed by atoms with Crippen molar-refractivity contribution >= 4 is 32.8 Å². The molecule has 112 valence electrons. The fourth-order valence-corrected chi connectivity index (χ4v) is 2.06. The van der Waals surface area contributed by atoms with Crippen LogP contribution in [0.2, 0.25) is 0 Å². The third-order valence-electron chi connectivity index (χ3n) is 1.97. The predicted molar refractivity (Wildman–Crippen MR) is 58.7 cm³/mol. The molecule has 3 nitrogen and oxygen atoms in total. The first kappa shape index (κ1) is 17.0. The number of rotatable bonds is 3. The Labute approximate surface area is 121 Å². The standard InChI is InChI=1S/C9H3BrClF6NO2/c10-1-3-4(20-9(15,16)17)2-18-6(8(12,13)14)5(3)7(11)19/h2H,1H2. The van der Waals surface area contributed by atoms with Gasteiger partial charge in [0.25, 0.3) is 5.24 Å². The summed E-state index contributed by atoms with van der Waals surface area (Å²) in [6.45, 7) is 0. The molecule has 0 N–H and O–H groups in total. The van der Waals surface area contributed by atoms with Crippen molar-refractivity contribution < 1.29 is 35.9 Å². The molecule has 0 unspecified atom stereocenters. The number of pyridine rings is 1. The van der Waals surface area contributed by atoms with Gasteiger partial charge in [-0.25, -0.2) is 4.98 Å². The third kappa shape index (κ3) is 3.98. The average molecular weight is 386 g/mol. The van der Waals surface area contributed by atoms with Crippen molar-refractivity contribution in [3.8, 4) is 5.75 Å². The van der Waals surface area contributed by atoms with Crippen LogP contribution in [-0.4, -0.2) is 16.6 Å². The third-order valence-corrected chi connectivity index (χ3v) is 2.72. The number of alkyl halides is 7. The molecule has 1 aromatic rings. The van der Waals surface area contributed by atoms with E-state index in [1.807, 2.05) is 0 Å². The molecule has 0 spiro atoms. The quantitative estimate of drug-likeness (QED) is 0.442. The first-order valence-corrected chi connectivity index (χ1v) is 6.08. The molecule has 0 fully saturated rings. The summed E-state index contributed by atoms with van der Waals surface area (Å²) in [6.07, 6.45) is -9.96. The lowest BCUT2D eigenvalue weighted by Gasteiger charge is -2.17. The van der Waals surface area contributed by atoms with Gasteiger partial charge < -0.3 is 4.74 Å². The number of nitrogens with zero attached hydrogens (tertiary/aromatic N) is 1. The largest absolute Gasteiger partial charge is 0.573 e. The minimum atomic E-state index is -5.15. The fraction of sp³-hybridized carbons (Fsp3) is 0.333. The van der Waals surface area contributed by atoms with Crippen LogP contribution in [0, 0.1) is 0 Å². The Balaban J connectivity index is 3.54. The summed E-state index contributed by atoms with van der Waals surface area (Å²) in [5, 5.41) is -2.11. The minimum absolute atomic E-state index is 0.232. The Bertz CT molecular complexity index is 530. The summed E-state index contributed by atoms with van der Waals surface area (Å²) >= 11 is 7.69. The zero-order chi connectivity index (χ0) is 15.7. The molecule has 0 aliphatic rings. The summed E-state index contributed by atoms with van der Waals surface area (Å²) in [7, 11) is 0. The van der Waals surface area contributed by atoms with Gasteiger partial charge in [-0.05, 0) is 11.6 Å². The molecule has 20 heavy (non-hydrogen) atoms. The maximum Gasteiger partial charge on any atom is 0.573 e. The van der Waals surface area contributed by atoms with Crippen LogP contribution in [0.25, 0.3) is 0 Å². The Kier molecular flexibility index (Phi) is 4.90. The van der Waals surface area contributed by atoms with E-state index >= 15 is 0 Å². The molecule has 1 aromatic heterocycles. The van der Waals surface area contributed by atoms with Gasteiger partial charge >= 0.3 is 12.5 Å². The fourth-order valence-electron chi connectivity index (χ4n) is 1.30. The second-order valence-corrected chi connectivity index (χ2v) is 4.18. The number of hydrogen-bond donors (Lipinski definition) is 0. The van der Waals surface area contributed by atoms with Crippen molar-refractivity contribution in [2.45, 2.75) is 17.9 Å². The summed E-state index contributed by atoms with van der Waals surface area (Å²) in [4.78, 5) is 13.9. The SMILES string of the molecule is O=C(Cl)c1c(C(F)(F)F)ncc(OC(F)(F)F)c1CBr. The molecule has 1 heterocycles. The highest BCUT2D eigenvalue weighted by Crippen LogP contribution is 2.38. The maximum absolute atomic E-state index is 12.6. The first-order valence-electron chi connectivity index (χ1n) is 4.58. The van der Waals surface area contributed by atoms with E-state index in [2.05, 4.69) is 25.7 Å². The molecule has 0 bridgehead atoms. The summed E-state index contributed by atoms with van der Waals surface area (Å²) in [6, 6.07) is 0. The van der Waals surface area contributed by atoms with Gasteiger partial charge in [0.2, 0.25) is 0 Å². The normalized spacial score (nSPS) is 12.4. The van der Waals surface area contributed by atoms with Crippen molar-refractivity contribution in [2.24, 2.45) is 0 Å². The van der Waals surface area contributed by atoms with Crippen LogP contribution in [0.5, 0.6) is 5.75 Å². The van der Waals surface area contributed by atoms with Gasteiger partial charge in [-0.2, -0.15) is 13.2 Å². The van der Waals surface area contributed by atoms with E-state index in [-0.39, 0.29) is 6.20 Å². The van der Waals surface area contributed by atoms with Crippen LogP contribution in [0.1, 0.15) is 21.6 Å². The number of ether oxygens (including phenoxy) is 1. The molecule has 0 aliphatic heterocycles. The van der Waals surface area contributed by atoms with Gasteiger partial charge in [-0.15, -0.1) is 13.2 Å². The molecule has 0 amide bonds. The van der Waals surface area contributed by atoms with Crippen LogP contribution in [0.15, 0.2) is 6.20 Å². The van der Waals surface area contributed by atoms with Gasteiger partial charge in [0.1, 0.15) is 0 Å². The molecule has 0 saturated heterocycles. The highest BCUT2D eigenvalue weighted by molar-refractivity contribution is 9.08. The Morgan fingerprint density at radius 1 is 1.30 bits per heavy atom. The zero-order valence-corrected chi connectivity index (χ0v) is 11.4. The molecule has 0 saturated carbocycles. The Morgan fingerprint density at radius 3 is 2.20 bits per heavy atom. The zero-order valence-electron chi connectivity index (χ0n) is 9.07. The monoisotopic (exact) mass is 385 g/mol. The van der Waals surface area contributed by atoms with E-state index < -0.39 is 45.7 Å². The number of hydrogen-bond acceptors (Lipinski definition) is 3. The Hall–Kier alpha value is -1.03. The number of halogens is 8. The van der Waals surface area contributed by atoms with E-state index in [1.165, 1.54) is 0 Å². The van der Waals surface area contributed by atoms with E-state index in [0.717, 1.165) is 0 Å². The van der Waals surface area contributed by atoms with Gasteiger partial charge in [0, 0.05) is 10.9 Å². The summed E-state index contributed by atoms with van der Waals surface area (Å²) in [5.41, 5.74) is -3.55. The highest BCUT2D eigenvalue weighted by atomic mass is 79.9. The van der Waals surface area contributed by atoms with Crippen molar-refractivity contribution in [1.29, 1.82) is 0 Å². The second-order valence-electron chi connectivity index (χ2n) is 3.28.